The first kappa shape index (κ1) is 14.4. The fraction of sp³-hybridized carbons (Fsp3) is 0.571. The first-order valence-electron chi connectivity index (χ1n) is 7.04. The third-order valence-corrected chi connectivity index (χ3v) is 3.06. The lowest BCUT2D eigenvalue weighted by Gasteiger charge is -2.16. The van der Waals surface area contributed by atoms with Crippen molar-refractivity contribution in [2.45, 2.75) is 47.0 Å². The van der Waals surface area contributed by atoms with E-state index in [1.54, 1.807) is 11.0 Å². The molecule has 20 heavy (non-hydrogen) atoms. The van der Waals surface area contributed by atoms with E-state index in [0.29, 0.717) is 5.92 Å². The molecular weight excluding hydrogens is 252 g/mol. The minimum absolute atomic E-state index is 0.300. The first-order valence-corrected chi connectivity index (χ1v) is 7.04. The highest BCUT2D eigenvalue weighted by Gasteiger charge is 2.18. The van der Waals surface area contributed by atoms with Crippen LogP contribution in [0.5, 0.6) is 0 Å². The van der Waals surface area contributed by atoms with Gasteiger partial charge in [0, 0.05) is 12.1 Å². The highest BCUT2D eigenvalue weighted by molar-refractivity contribution is 5.53. The molecule has 108 valence electrons. The van der Waals surface area contributed by atoms with E-state index in [1.165, 1.54) is 0 Å². The van der Waals surface area contributed by atoms with Gasteiger partial charge in [0.1, 0.15) is 23.8 Å². The fourth-order valence-corrected chi connectivity index (χ4v) is 2.19. The van der Waals surface area contributed by atoms with Crippen molar-refractivity contribution in [3.05, 3.63) is 23.5 Å². The minimum atomic E-state index is 0.300. The maximum Gasteiger partial charge on any atom is 0.164 e. The van der Waals surface area contributed by atoms with E-state index in [2.05, 4.69) is 46.1 Å². The van der Waals surface area contributed by atoms with E-state index in [1.807, 2.05) is 13.8 Å². The zero-order valence-corrected chi connectivity index (χ0v) is 12.8. The van der Waals surface area contributed by atoms with Gasteiger partial charge in [-0.1, -0.05) is 20.8 Å². The van der Waals surface area contributed by atoms with Crippen molar-refractivity contribution in [3.63, 3.8) is 0 Å². The molecular formula is C14H22N6. The van der Waals surface area contributed by atoms with Crippen LogP contribution in [0, 0.1) is 13.8 Å². The van der Waals surface area contributed by atoms with Crippen LogP contribution in [-0.4, -0.2) is 31.3 Å². The quantitative estimate of drug-likeness (QED) is 0.907. The van der Waals surface area contributed by atoms with Crippen molar-refractivity contribution < 1.29 is 0 Å². The van der Waals surface area contributed by atoms with Gasteiger partial charge in [0.15, 0.2) is 5.82 Å². The standard InChI is InChI=1S/C14H22N6/c1-6-7-15-13-12(9(2)3)14(17-8-16-13)20-11(5)18-10(4)19-20/h8-9H,6-7H2,1-5H3,(H,15,16,17). The molecule has 2 aromatic rings. The molecule has 2 rings (SSSR count). The van der Waals surface area contributed by atoms with Crippen molar-refractivity contribution in [2.24, 2.45) is 0 Å². The molecule has 2 heterocycles. The fourth-order valence-electron chi connectivity index (χ4n) is 2.19. The number of hydrogen-bond donors (Lipinski definition) is 1. The number of nitrogens with zero attached hydrogens (tertiary/aromatic N) is 5. The summed E-state index contributed by atoms with van der Waals surface area (Å²) in [5.41, 5.74) is 1.08. The van der Waals surface area contributed by atoms with Crippen molar-refractivity contribution >= 4 is 5.82 Å². The zero-order valence-electron chi connectivity index (χ0n) is 12.8. The Morgan fingerprint density at radius 2 is 2.00 bits per heavy atom. The lowest BCUT2D eigenvalue weighted by Crippen LogP contribution is -2.13. The van der Waals surface area contributed by atoms with E-state index >= 15 is 0 Å². The predicted molar refractivity (Wildman–Crippen MR) is 79.3 cm³/mol. The normalized spacial score (nSPS) is 11.1. The van der Waals surface area contributed by atoms with Crippen molar-refractivity contribution in [1.82, 2.24) is 24.7 Å². The molecule has 0 fully saturated rings. The first-order chi connectivity index (χ1) is 9.54. The maximum absolute atomic E-state index is 4.43. The average Bonchev–Trinajstić information content (AvgIpc) is 2.74. The highest BCUT2D eigenvalue weighted by Crippen LogP contribution is 2.27. The number of aromatic nitrogens is 5. The molecule has 0 aliphatic heterocycles. The summed E-state index contributed by atoms with van der Waals surface area (Å²) in [6.07, 6.45) is 2.63. The molecule has 0 radical (unpaired) electrons. The topological polar surface area (TPSA) is 68.5 Å². The summed E-state index contributed by atoms with van der Waals surface area (Å²) >= 11 is 0. The largest absolute Gasteiger partial charge is 0.370 e. The second-order valence-electron chi connectivity index (χ2n) is 5.16. The molecule has 0 saturated heterocycles. The summed E-state index contributed by atoms with van der Waals surface area (Å²) in [5.74, 6) is 3.59. The second kappa shape index (κ2) is 5.98. The van der Waals surface area contributed by atoms with Crippen LogP contribution in [0.15, 0.2) is 6.33 Å². The molecule has 6 heteroatoms. The van der Waals surface area contributed by atoms with E-state index in [-0.39, 0.29) is 0 Å². The third-order valence-electron chi connectivity index (χ3n) is 3.06. The van der Waals surface area contributed by atoms with E-state index in [0.717, 1.165) is 41.8 Å². The van der Waals surface area contributed by atoms with Crippen molar-refractivity contribution in [2.75, 3.05) is 11.9 Å². The van der Waals surface area contributed by atoms with E-state index < -0.39 is 0 Å². The molecule has 0 atom stereocenters. The van der Waals surface area contributed by atoms with Crippen molar-refractivity contribution in [1.29, 1.82) is 0 Å². The Bertz CT molecular complexity index is 587. The van der Waals surface area contributed by atoms with Crippen LogP contribution < -0.4 is 5.32 Å². The minimum Gasteiger partial charge on any atom is -0.370 e. The van der Waals surface area contributed by atoms with Crippen LogP contribution in [0.4, 0.5) is 5.82 Å². The molecule has 0 aliphatic rings. The second-order valence-corrected chi connectivity index (χ2v) is 5.16. The molecule has 2 aromatic heterocycles. The van der Waals surface area contributed by atoms with Crippen LogP contribution >= 0.6 is 0 Å². The summed E-state index contributed by atoms with van der Waals surface area (Å²) in [5, 5.41) is 7.80. The summed E-state index contributed by atoms with van der Waals surface area (Å²) in [4.78, 5) is 13.1. The van der Waals surface area contributed by atoms with Gasteiger partial charge in [-0.25, -0.2) is 15.0 Å². The SMILES string of the molecule is CCCNc1ncnc(-n2nc(C)nc2C)c1C(C)C. The lowest BCUT2D eigenvalue weighted by molar-refractivity contribution is 0.750. The highest BCUT2D eigenvalue weighted by atomic mass is 15.4. The molecule has 0 amide bonds. The Morgan fingerprint density at radius 3 is 2.55 bits per heavy atom. The third kappa shape index (κ3) is 2.79. The Hall–Kier alpha value is -1.98. The van der Waals surface area contributed by atoms with Crippen LogP contribution in [0.3, 0.4) is 0 Å². The molecule has 1 N–H and O–H groups in total. The smallest absolute Gasteiger partial charge is 0.164 e. The molecule has 0 saturated carbocycles. The van der Waals surface area contributed by atoms with Crippen LogP contribution in [0.1, 0.15) is 50.3 Å². The molecule has 0 spiro atoms. The number of aryl methyl sites for hydroxylation is 2. The van der Waals surface area contributed by atoms with E-state index in [9.17, 15) is 0 Å². The monoisotopic (exact) mass is 274 g/mol. The number of hydrogen-bond acceptors (Lipinski definition) is 5. The van der Waals surface area contributed by atoms with Gasteiger partial charge in [0.05, 0.1) is 0 Å². The van der Waals surface area contributed by atoms with Gasteiger partial charge < -0.3 is 5.32 Å². The van der Waals surface area contributed by atoms with Gasteiger partial charge in [0.2, 0.25) is 0 Å². The Morgan fingerprint density at radius 1 is 1.25 bits per heavy atom. The van der Waals surface area contributed by atoms with Gasteiger partial charge in [-0.15, -0.1) is 5.10 Å². The molecule has 0 unspecified atom stereocenters. The van der Waals surface area contributed by atoms with Gasteiger partial charge in [-0.3, -0.25) is 0 Å². The molecule has 6 nitrogen and oxygen atoms in total. The van der Waals surface area contributed by atoms with Crippen molar-refractivity contribution in [3.8, 4) is 5.82 Å². The Balaban J connectivity index is 2.55. The molecule has 0 aliphatic carbocycles. The van der Waals surface area contributed by atoms with Gasteiger partial charge in [-0.05, 0) is 26.2 Å². The number of nitrogens with one attached hydrogen (secondary N) is 1. The lowest BCUT2D eigenvalue weighted by atomic mass is 10.0. The Labute approximate surface area is 119 Å². The summed E-state index contributed by atoms with van der Waals surface area (Å²) in [6.45, 7) is 11.1. The maximum atomic E-state index is 4.43. The zero-order chi connectivity index (χ0) is 14.7. The summed E-state index contributed by atoms with van der Waals surface area (Å²) < 4.78 is 1.80. The van der Waals surface area contributed by atoms with Gasteiger partial charge >= 0.3 is 0 Å². The van der Waals surface area contributed by atoms with Crippen LogP contribution in [0.2, 0.25) is 0 Å². The van der Waals surface area contributed by atoms with Crippen LogP contribution in [0.25, 0.3) is 5.82 Å². The number of anilines is 1. The average molecular weight is 274 g/mol. The van der Waals surface area contributed by atoms with Crippen LogP contribution in [-0.2, 0) is 0 Å². The summed E-state index contributed by atoms with van der Waals surface area (Å²) in [7, 11) is 0. The molecule has 0 aromatic carbocycles. The Kier molecular flexibility index (Phi) is 4.32. The van der Waals surface area contributed by atoms with Gasteiger partial charge in [-0.2, -0.15) is 4.68 Å². The molecule has 0 bridgehead atoms. The summed E-state index contributed by atoms with van der Waals surface area (Å²) in [6, 6.07) is 0. The number of rotatable bonds is 5. The van der Waals surface area contributed by atoms with E-state index in [4.69, 9.17) is 0 Å². The predicted octanol–water partition coefficient (Wildman–Crippen LogP) is 2.62. The van der Waals surface area contributed by atoms with Gasteiger partial charge in [0.25, 0.3) is 0 Å².